The largest absolute Gasteiger partial charge is 0.494 e. The maximum atomic E-state index is 6.16. The zero-order valence-electron chi connectivity index (χ0n) is 14.0. The van der Waals surface area contributed by atoms with E-state index in [1.807, 2.05) is 6.33 Å². The van der Waals surface area contributed by atoms with E-state index in [1.54, 1.807) is 0 Å². The second-order valence-corrected chi connectivity index (χ2v) is 7.95. The molecule has 1 saturated carbocycles. The molecule has 0 N–H and O–H groups in total. The van der Waals surface area contributed by atoms with Gasteiger partial charge < -0.3 is 13.9 Å². The number of nitrogens with zero attached hydrogens (tertiary/aromatic N) is 2. The lowest BCUT2D eigenvalue weighted by molar-refractivity contribution is 0.00578. The Balaban J connectivity index is 1.74. The van der Waals surface area contributed by atoms with Gasteiger partial charge in [-0.1, -0.05) is 6.07 Å². The number of hydrogen-bond donors (Lipinski definition) is 0. The summed E-state index contributed by atoms with van der Waals surface area (Å²) in [7, 11) is -0.315. The van der Waals surface area contributed by atoms with Gasteiger partial charge in [-0.15, -0.1) is 0 Å². The van der Waals surface area contributed by atoms with E-state index < -0.39 is 0 Å². The average molecular weight is 298 g/mol. The van der Waals surface area contributed by atoms with E-state index in [1.165, 1.54) is 18.4 Å². The molecule has 0 unspecified atom stereocenters. The summed E-state index contributed by atoms with van der Waals surface area (Å²) in [4.78, 5) is 4.53. The molecule has 1 aliphatic heterocycles. The molecule has 1 aromatic carbocycles. The third kappa shape index (κ3) is 1.95. The molecule has 22 heavy (non-hydrogen) atoms. The first kappa shape index (κ1) is 14.3. The van der Waals surface area contributed by atoms with Crippen molar-refractivity contribution in [3.05, 3.63) is 24.5 Å². The Bertz CT molecular complexity index is 730. The van der Waals surface area contributed by atoms with Crippen LogP contribution < -0.4 is 5.46 Å². The monoisotopic (exact) mass is 298 g/mol. The fourth-order valence-corrected chi connectivity index (χ4v) is 3.00. The Morgan fingerprint density at radius 3 is 2.27 bits per heavy atom. The van der Waals surface area contributed by atoms with Gasteiger partial charge >= 0.3 is 7.12 Å². The lowest BCUT2D eigenvalue weighted by Crippen LogP contribution is -2.41. The number of benzene rings is 1. The van der Waals surface area contributed by atoms with E-state index in [4.69, 9.17) is 9.31 Å². The van der Waals surface area contributed by atoms with Crippen LogP contribution in [0.4, 0.5) is 0 Å². The fourth-order valence-electron chi connectivity index (χ4n) is 3.00. The van der Waals surface area contributed by atoms with Crippen LogP contribution in [0.5, 0.6) is 0 Å². The molecule has 5 heteroatoms. The SMILES string of the molecule is CC1(n2cnc3ccc(B4OC(C)(C)C(C)(C)O4)cc32)CC1. The molecule has 0 radical (unpaired) electrons. The highest BCUT2D eigenvalue weighted by Gasteiger charge is 2.51. The van der Waals surface area contributed by atoms with Gasteiger partial charge in [-0.25, -0.2) is 4.98 Å². The molecule has 1 aromatic heterocycles. The van der Waals surface area contributed by atoms with E-state index in [0.29, 0.717) is 0 Å². The minimum Gasteiger partial charge on any atom is -0.399 e. The zero-order valence-corrected chi connectivity index (χ0v) is 14.0. The highest BCUT2D eigenvalue weighted by molar-refractivity contribution is 6.62. The van der Waals surface area contributed by atoms with E-state index in [0.717, 1.165) is 11.0 Å². The molecule has 1 aliphatic carbocycles. The first-order valence-corrected chi connectivity index (χ1v) is 8.05. The van der Waals surface area contributed by atoms with Crippen molar-refractivity contribution >= 4 is 23.6 Å². The van der Waals surface area contributed by atoms with Crippen molar-refractivity contribution in [3.8, 4) is 0 Å². The number of rotatable bonds is 2. The molecule has 4 rings (SSSR count). The third-order valence-corrected chi connectivity index (χ3v) is 5.65. The number of aromatic nitrogens is 2. The molecule has 0 bridgehead atoms. The van der Waals surface area contributed by atoms with Crippen LogP contribution in [-0.4, -0.2) is 27.9 Å². The summed E-state index contributed by atoms with van der Waals surface area (Å²) in [6.07, 6.45) is 4.41. The van der Waals surface area contributed by atoms with Crippen molar-refractivity contribution in [3.63, 3.8) is 0 Å². The standard InChI is InChI=1S/C17H23BN2O2/c1-15(2)16(3,4)22-18(21-15)12-6-7-13-14(10-12)20(11-19-13)17(5)8-9-17/h6-7,10-11H,8-9H2,1-5H3. The van der Waals surface area contributed by atoms with Crippen LogP contribution in [-0.2, 0) is 14.8 Å². The summed E-state index contributed by atoms with van der Waals surface area (Å²) in [5, 5.41) is 0. The van der Waals surface area contributed by atoms with Gasteiger partial charge in [-0.3, -0.25) is 0 Å². The van der Waals surface area contributed by atoms with E-state index in [-0.39, 0.29) is 23.9 Å². The van der Waals surface area contributed by atoms with Gasteiger partial charge in [0.1, 0.15) is 0 Å². The summed E-state index contributed by atoms with van der Waals surface area (Å²) in [6.45, 7) is 10.6. The summed E-state index contributed by atoms with van der Waals surface area (Å²) < 4.78 is 14.6. The molecule has 0 spiro atoms. The van der Waals surface area contributed by atoms with Gasteiger partial charge in [-0.05, 0) is 65.1 Å². The minimum absolute atomic E-state index is 0.239. The summed E-state index contributed by atoms with van der Waals surface area (Å²) in [5.74, 6) is 0. The highest BCUT2D eigenvalue weighted by Crippen LogP contribution is 2.44. The molecule has 2 heterocycles. The molecular weight excluding hydrogens is 275 g/mol. The van der Waals surface area contributed by atoms with Gasteiger partial charge in [0.2, 0.25) is 0 Å². The lowest BCUT2D eigenvalue weighted by atomic mass is 9.79. The van der Waals surface area contributed by atoms with Gasteiger partial charge in [-0.2, -0.15) is 0 Å². The van der Waals surface area contributed by atoms with Crippen LogP contribution in [0.3, 0.4) is 0 Å². The predicted molar refractivity (Wildman–Crippen MR) is 88.3 cm³/mol. The Morgan fingerprint density at radius 2 is 1.68 bits per heavy atom. The number of imidazole rings is 1. The molecule has 4 nitrogen and oxygen atoms in total. The number of hydrogen-bond acceptors (Lipinski definition) is 3. The van der Waals surface area contributed by atoms with Crippen LogP contribution in [0.15, 0.2) is 24.5 Å². The molecule has 1 saturated heterocycles. The lowest BCUT2D eigenvalue weighted by Gasteiger charge is -2.32. The minimum atomic E-state index is -0.315. The molecule has 116 valence electrons. The Hall–Kier alpha value is -1.33. The first-order valence-electron chi connectivity index (χ1n) is 8.05. The van der Waals surface area contributed by atoms with Gasteiger partial charge in [0.05, 0.1) is 28.6 Å². The molecule has 0 atom stereocenters. The summed E-state index contributed by atoms with van der Waals surface area (Å²) in [5.41, 5.74) is 2.89. The zero-order chi connectivity index (χ0) is 15.8. The number of fused-ring (bicyclic) bond motifs is 1. The fraction of sp³-hybridized carbons (Fsp3) is 0.588. The van der Waals surface area contributed by atoms with Crippen molar-refractivity contribution in [1.29, 1.82) is 0 Å². The van der Waals surface area contributed by atoms with Crippen LogP contribution in [0.25, 0.3) is 11.0 Å². The van der Waals surface area contributed by atoms with E-state index >= 15 is 0 Å². The molecule has 2 aliphatic rings. The summed E-state index contributed by atoms with van der Waals surface area (Å²) >= 11 is 0. The quantitative estimate of drug-likeness (QED) is 0.800. The summed E-state index contributed by atoms with van der Waals surface area (Å²) in [6, 6.07) is 6.31. The Kier molecular flexibility index (Phi) is 2.69. The van der Waals surface area contributed by atoms with Crippen LogP contribution in [0, 0.1) is 0 Å². The smallest absolute Gasteiger partial charge is 0.399 e. The van der Waals surface area contributed by atoms with Gasteiger partial charge in [0.15, 0.2) is 0 Å². The van der Waals surface area contributed by atoms with Crippen molar-refractivity contribution in [2.45, 2.75) is 64.2 Å². The average Bonchev–Trinajstić information content (AvgIpc) is 2.95. The first-order chi connectivity index (χ1) is 10.2. The maximum Gasteiger partial charge on any atom is 0.494 e. The van der Waals surface area contributed by atoms with Crippen LogP contribution >= 0.6 is 0 Å². The van der Waals surface area contributed by atoms with E-state index in [2.05, 4.69) is 62.4 Å². The Morgan fingerprint density at radius 1 is 1.05 bits per heavy atom. The predicted octanol–water partition coefficient (Wildman–Crippen LogP) is 2.84. The highest BCUT2D eigenvalue weighted by atomic mass is 16.7. The van der Waals surface area contributed by atoms with Gasteiger partial charge in [0.25, 0.3) is 0 Å². The van der Waals surface area contributed by atoms with Crippen molar-refractivity contribution in [2.75, 3.05) is 0 Å². The molecule has 0 amide bonds. The normalized spacial score (nSPS) is 24.9. The molecule has 2 fully saturated rings. The van der Waals surface area contributed by atoms with Crippen molar-refractivity contribution < 1.29 is 9.31 Å². The van der Waals surface area contributed by atoms with Gasteiger partial charge in [0, 0.05) is 5.54 Å². The third-order valence-electron chi connectivity index (χ3n) is 5.65. The Labute approximate surface area is 132 Å². The van der Waals surface area contributed by atoms with Crippen LogP contribution in [0.1, 0.15) is 47.5 Å². The second kappa shape index (κ2) is 4.15. The van der Waals surface area contributed by atoms with Crippen molar-refractivity contribution in [1.82, 2.24) is 9.55 Å². The molecular formula is C17H23BN2O2. The second-order valence-electron chi connectivity index (χ2n) is 7.95. The van der Waals surface area contributed by atoms with Crippen molar-refractivity contribution in [2.24, 2.45) is 0 Å². The maximum absolute atomic E-state index is 6.16. The topological polar surface area (TPSA) is 36.3 Å². The van der Waals surface area contributed by atoms with Crippen LogP contribution in [0.2, 0.25) is 0 Å². The molecule has 2 aromatic rings. The van der Waals surface area contributed by atoms with E-state index in [9.17, 15) is 0 Å².